The predicted molar refractivity (Wildman–Crippen MR) is 98.5 cm³/mol. The van der Waals surface area contributed by atoms with Crippen LogP contribution in [-0.4, -0.2) is 18.1 Å². The molecule has 0 aliphatic carbocycles. The van der Waals surface area contributed by atoms with Gasteiger partial charge in [0.15, 0.2) is 0 Å². The number of halogens is 1. The monoisotopic (exact) mass is 373 g/mol. The third-order valence-corrected chi connectivity index (χ3v) is 4.72. The lowest BCUT2D eigenvalue weighted by Crippen LogP contribution is -2.02. The lowest BCUT2D eigenvalue weighted by Gasteiger charge is -2.07. The topological polar surface area (TPSA) is 48.4 Å². The molecule has 0 aliphatic heterocycles. The van der Waals surface area contributed by atoms with Crippen molar-refractivity contribution >= 4 is 28.9 Å². The Morgan fingerprint density at radius 1 is 1.20 bits per heavy atom. The Morgan fingerprint density at radius 2 is 2.00 bits per heavy atom. The molecule has 0 aliphatic rings. The number of aromatic nitrogens is 1. The van der Waals surface area contributed by atoms with Crippen molar-refractivity contribution in [3.63, 3.8) is 0 Å². The Hall–Kier alpha value is -2.37. The summed E-state index contributed by atoms with van der Waals surface area (Å²) in [4.78, 5) is 16.1. The van der Waals surface area contributed by atoms with E-state index in [1.165, 1.54) is 18.7 Å². The summed E-state index contributed by atoms with van der Waals surface area (Å²) >= 11 is 7.77. The van der Waals surface area contributed by atoms with Gasteiger partial charge < -0.3 is 9.47 Å². The summed E-state index contributed by atoms with van der Waals surface area (Å²) in [5.74, 6) is 0.0745. The second-order valence-electron chi connectivity index (χ2n) is 5.32. The van der Waals surface area contributed by atoms with Gasteiger partial charge >= 0.3 is 5.97 Å². The average molecular weight is 374 g/mol. The minimum Gasteiger partial charge on any atom is -0.486 e. The van der Waals surface area contributed by atoms with Gasteiger partial charge in [0.1, 0.15) is 12.4 Å². The highest BCUT2D eigenvalue weighted by Crippen LogP contribution is 2.27. The summed E-state index contributed by atoms with van der Waals surface area (Å²) in [5.41, 5.74) is 2.47. The quantitative estimate of drug-likeness (QED) is 0.585. The van der Waals surface area contributed by atoms with Crippen LogP contribution in [0.3, 0.4) is 0 Å². The molecular formula is C19H16ClNO3S. The molecule has 0 amide bonds. The molecule has 0 atom stereocenters. The molecule has 0 unspecified atom stereocenters. The Balaban J connectivity index is 1.61. The summed E-state index contributed by atoms with van der Waals surface area (Å²) in [7, 11) is 1.33. The zero-order chi connectivity index (χ0) is 17.6. The number of thiazole rings is 1. The molecule has 4 nitrogen and oxygen atoms in total. The maximum absolute atomic E-state index is 11.5. The van der Waals surface area contributed by atoms with Crippen LogP contribution in [0, 0.1) is 0 Å². The predicted octanol–water partition coefficient (Wildman–Crippen LogP) is 4.75. The highest BCUT2D eigenvalue weighted by atomic mass is 35.5. The minimum atomic E-state index is -0.432. The fourth-order valence-electron chi connectivity index (χ4n) is 2.28. The first kappa shape index (κ1) is 17.5. The van der Waals surface area contributed by atoms with Crippen molar-refractivity contribution in [3.8, 4) is 5.75 Å². The maximum atomic E-state index is 11.5. The van der Waals surface area contributed by atoms with E-state index in [4.69, 9.17) is 16.3 Å². The van der Waals surface area contributed by atoms with Crippen LogP contribution in [0.1, 0.15) is 26.6 Å². The highest BCUT2D eigenvalue weighted by Gasteiger charge is 2.10. The summed E-state index contributed by atoms with van der Waals surface area (Å²) in [6.07, 6.45) is 0.806. The smallest absolute Gasteiger partial charge is 0.337 e. The van der Waals surface area contributed by atoms with Gasteiger partial charge in [-0.2, -0.15) is 0 Å². The van der Waals surface area contributed by atoms with E-state index in [0.717, 1.165) is 17.1 Å². The van der Waals surface area contributed by atoms with E-state index in [2.05, 4.69) is 21.9 Å². The molecule has 6 heteroatoms. The van der Waals surface area contributed by atoms with Gasteiger partial charge in [-0.1, -0.05) is 41.9 Å². The molecule has 2 aromatic carbocycles. The molecule has 0 saturated carbocycles. The molecule has 3 rings (SSSR count). The Bertz CT molecular complexity index is 864. The van der Waals surface area contributed by atoms with Gasteiger partial charge in [0, 0.05) is 11.8 Å². The summed E-state index contributed by atoms with van der Waals surface area (Å²) < 4.78 is 10.4. The van der Waals surface area contributed by atoms with Crippen LogP contribution in [0.4, 0.5) is 0 Å². The van der Waals surface area contributed by atoms with Gasteiger partial charge in [-0.15, -0.1) is 11.3 Å². The number of ether oxygens (including phenoxy) is 2. The van der Waals surface area contributed by atoms with Crippen LogP contribution in [0.2, 0.25) is 5.02 Å². The van der Waals surface area contributed by atoms with Crippen LogP contribution < -0.4 is 4.74 Å². The van der Waals surface area contributed by atoms with Crippen LogP contribution in [0.25, 0.3) is 0 Å². The van der Waals surface area contributed by atoms with Crippen LogP contribution in [0.5, 0.6) is 5.75 Å². The number of benzene rings is 2. The SMILES string of the molecule is COC(=O)c1ccc(OCc2csc(Cc3ccccc3)n2)c(Cl)c1. The summed E-state index contributed by atoms with van der Waals surface area (Å²) in [6.45, 7) is 0.322. The normalized spacial score (nSPS) is 10.5. The van der Waals surface area contributed by atoms with E-state index in [1.54, 1.807) is 23.5 Å². The van der Waals surface area contributed by atoms with E-state index < -0.39 is 5.97 Å². The molecule has 3 aromatic rings. The lowest BCUT2D eigenvalue weighted by molar-refractivity contribution is 0.0600. The Kier molecular flexibility index (Phi) is 5.68. The van der Waals surface area contributed by atoms with Crippen molar-refractivity contribution in [2.45, 2.75) is 13.0 Å². The molecule has 0 spiro atoms. The molecule has 1 heterocycles. The number of methoxy groups -OCH3 is 1. The van der Waals surface area contributed by atoms with E-state index in [0.29, 0.717) is 22.9 Å². The first-order chi connectivity index (χ1) is 12.2. The number of hydrogen-bond donors (Lipinski definition) is 0. The third-order valence-electron chi connectivity index (χ3n) is 3.53. The number of rotatable bonds is 6. The van der Waals surface area contributed by atoms with E-state index in [9.17, 15) is 4.79 Å². The van der Waals surface area contributed by atoms with Gasteiger partial charge in [0.05, 0.1) is 28.4 Å². The molecular weight excluding hydrogens is 358 g/mol. The molecule has 0 fully saturated rings. The summed E-state index contributed by atoms with van der Waals surface area (Å²) in [5, 5.41) is 3.38. The van der Waals surface area contributed by atoms with Crippen molar-refractivity contribution in [1.29, 1.82) is 0 Å². The first-order valence-electron chi connectivity index (χ1n) is 7.63. The van der Waals surface area contributed by atoms with E-state index in [1.807, 2.05) is 23.6 Å². The molecule has 0 bridgehead atoms. The van der Waals surface area contributed by atoms with Crippen LogP contribution in [0.15, 0.2) is 53.9 Å². The minimum absolute atomic E-state index is 0.322. The molecule has 25 heavy (non-hydrogen) atoms. The highest BCUT2D eigenvalue weighted by molar-refractivity contribution is 7.09. The standard InChI is InChI=1S/C19H16ClNO3S/c1-23-19(22)14-7-8-17(16(20)10-14)24-11-15-12-25-18(21-15)9-13-5-3-2-4-6-13/h2-8,10,12H,9,11H2,1H3. The van der Waals surface area contributed by atoms with Gasteiger partial charge in [-0.25, -0.2) is 9.78 Å². The number of esters is 1. The van der Waals surface area contributed by atoms with Gasteiger partial charge in [0.2, 0.25) is 0 Å². The number of carbonyl (C=O) groups is 1. The van der Waals surface area contributed by atoms with E-state index >= 15 is 0 Å². The largest absolute Gasteiger partial charge is 0.486 e. The van der Waals surface area contributed by atoms with Gasteiger partial charge in [-0.3, -0.25) is 0 Å². The molecule has 0 N–H and O–H groups in total. The molecule has 1 aromatic heterocycles. The number of nitrogens with zero attached hydrogens (tertiary/aromatic N) is 1. The van der Waals surface area contributed by atoms with E-state index in [-0.39, 0.29) is 0 Å². The van der Waals surface area contributed by atoms with Gasteiger partial charge in [-0.05, 0) is 23.8 Å². The Morgan fingerprint density at radius 3 is 2.72 bits per heavy atom. The molecule has 128 valence electrons. The number of carbonyl (C=O) groups excluding carboxylic acids is 1. The van der Waals surface area contributed by atoms with Crippen molar-refractivity contribution in [3.05, 3.63) is 80.8 Å². The Labute approximate surface area is 155 Å². The van der Waals surface area contributed by atoms with Crippen molar-refractivity contribution in [1.82, 2.24) is 4.98 Å². The lowest BCUT2D eigenvalue weighted by atomic mass is 10.2. The molecule has 0 radical (unpaired) electrons. The van der Waals surface area contributed by atoms with Crippen LogP contribution >= 0.6 is 22.9 Å². The second kappa shape index (κ2) is 8.14. The second-order valence-corrected chi connectivity index (χ2v) is 6.67. The van der Waals surface area contributed by atoms with Crippen LogP contribution in [-0.2, 0) is 17.8 Å². The fourth-order valence-corrected chi connectivity index (χ4v) is 3.33. The van der Waals surface area contributed by atoms with Crippen molar-refractivity contribution < 1.29 is 14.3 Å². The zero-order valence-electron chi connectivity index (χ0n) is 13.6. The summed E-state index contributed by atoms with van der Waals surface area (Å²) in [6, 6.07) is 15.0. The third kappa shape index (κ3) is 4.59. The zero-order valence-corrected chi connectivity index (χ0v) is 15.1. The van der Waals surface area contributed by atoms with Gasteiger partial charge in [0.25, 0.3) is 0 Å². The fraction of sp³-hybridized carbons (Fsp3) is 0.158. The number of hydrogen-bond acceptors (Lipinski definition) is 5. The molecule has 0 saturated heterocycles. The van der Waals surface area contributed by atoms with Crippen molar-refractivity contribution in [2.75, 3.05) is 7.11 Å². The van der Waals surface area contributed by atoms with Crippen molar-refractivity contribution in [2.24, 2.45) is 0 Å². The maximum Gasteiger partial charge on any atom is 0.337 e. The first-order valence-corrected chi connectivity index (χ1v) is 8.89. The average Bonchev–Trinajstić information content (AvgIpc) is 3.08.